The maximum atomic E-state index is 11.2. The number of benzene rings is 1. The van der Waals surface area contributed by atoms with Gasteiger partial charge in [-0.2, -0.15) is 0 Å². The fraction of sp³-hybridized carbons (Fsp3) is 0.0909. The Hall–Kier alpha value is -1.96. The topological polar surface area (TPSA) is 99.6 Å². The SMILES string of the molecule is NNCc1nc(-c2ccc3[nH]c(=O)[nH]c3c2)cs1. The molecule has 0 aliphatic rings. The molecule has 0 aliphatic carbocycles. The lowest BCUT2D eigenvalue weighted by molar-refractivity contribution is 0.737. The minimum Gasteiger partial charge on any atom is -0.306 e. The van der Waals surface area contributed by atoms with Crippen LogP contribution in [0.4, 0.5) is 0 Å². The summed E-state index contributed by atoms with van der Waals surface area (Å²) in [4.78, 5) is 21.1. The Morgan fingerprint density at radius 2 is 2.17 bits per heavy atom. The number of H-pyrrole nitrogens is 2. The first kappa shape index (κ1) is 11.1. The normalized spacial score (nSPS) is 11.2. The van der Waals surface area contributed by atoms with Crippen molar-refractivity contribution in [2.45, 2.75) is 6.54 Å². The molecular formula is C11H11N5OS. The van der Waals surface area contributed by atoms with Crippen molar-refractivity contribution in [3.8, 4) is 11.3 Å². The number of aromatic amines is 2. The predicted octanol–water partition coefficient (Wildman–Crippen LogP) is 0.943. The van der Waals surface area contributed by atoms with Gasteiger partial charge < -0.3 is 9.97 Å². The van der Waals surface area contributed by atoms with Crippen molar-refractivity contribution in [1.29, 1.82) is 0 Å². The molecule has 0 aliphatic heterocycles. The zero-order chi connectivity index (χ0) is 12.5. The predicted molar refractivity (Wildman–Crippen MR) is 71.1 cm³/mol. The third-order valence-electron chi connectivity index (χ3n) is 2.62. The fourth-order valence-electron chi connectivity index (χ4n) is 1.80. The van der Waals surface area contributed by atoms with Gasteiger partial charge in [-0.3, -0.25) is 11.3 Å². The molecule has 0 saturated heterocycles. The average molecular weight is 261 g/mol. The number of fused-ring (bicyclic) bond motifs is 1. The quantitative estimate of drug-likeness (QED) is 0.416. The van der Waals surface area contributed by atoms with Crippen LogP contribution in [0.2, 0.25) is 0 Å². The lowest BCUT2D eigenvalue weighted by atomic mass is 10.1. The Morgan fingerprint density at radius 3 is 3.00 bits per heavy atom. The average Bonchev–Trinajstić information content (AvgIpc) is 2.93. The van der Waals surface area contributed by atoms with Crippen molar-refractivity contribution in [2.24, 2.45) is 5.84 Å². The van der Waals surface area contributed by atoms with E-state index in [4.69, 9.17) is 5.84 Å². The van der Waals surface area contributed by atoms with Crippen molar-refractivity contribution >= 4 is 22.4 Å². The molecule has 0 fully saturated rings. The van der Waals surface area contributed by atoms with E-state index in [1.54, 1.807) is 11.3 Å². The zero-order valence-electron chi connectivity index (χ0n) is 9.36. The summed E-state index contributed by atoms with van der Waals surface area (Å²) in [6.07, 6.45) is 0. The highest BCUT2D eigenvalue weighted by Crippen LogP contribution is 2.24. The summed E-state index contributed by atoms with van der Waals surface area (Å²) in [6.45, 7) is 0.550. The summed E-state index contributed by atoms with van der Waals surface area (Å²) in [5, 5.41) is 2.90. The molecule has 3 rings (SSSR count). The molecule has 0 atom stereocenters. The van der Waals surface area contributed by atoms with Crippen LogP contribution in [0.25, 0.3) is 22.3 Å². The van der Waals surface area contributed by atoms with Crippen LogP contribution in [0, 0.1) is 0 Å². The number of nitrogens with two attached hydrogens (primary N) is 1. The second-order valence-corrected chi connectivity index (χ2v) is 4.79. The molecule has 18 heavy (non-hydrogen) atoms. The van der Waals surface area contributed by atoms with Gasteiger partial charge in [-0.05, 0) is 12.1 Å². The molecule has 3 aromatic rings. The van der Waals surface area contributed by atoms with E-state index < -0.39 is 0 Å². The van der Waals surface area contributed by atoms with E-state index in [9.17, 15) is 4.79 Å². The van der Waals surface area contributed by atoms with E-state index in [1.807, 2.05) is 23.6 Å². The van der Waals surface area contributed by atoms with Crippen LogP contribution in [0.5, 0.6) is 0 Å². The molecule has 7 heteroatoms. The van der Waals surface area contributed by atoms with Gasteiger partial charge in [-0.15, -0.1) is 11.3 Å². The van der Waals surface area contributed by atoms with Gasteiger partial charge in [-0.25, -0.2) is 9.78 Å². The lowest BCUT2D eigenvalue weighted by Crippen LogP contribution is -2.20. The Labute approximate surface area is 106 Å². The summed E-state index contributed by atoms with van der Waals surface area (Å²) in [7, 11) is 0. The molecule has 0 radical (unpaired) electrons. The van der Waals surface area contributed by atoms with E-state index in [-0.39, 0.29) is 5.69 Å². The van der Waals surface area contributed by atoms with E-state index in [2.05, 4.69) is 20.4 Å². The summed E-state index contributed by atoms with van der Waals surface area (Å²) in [5.41, 5.74) is 5.81. The molecule has 6 nitrogen and oxygen atoms in total. The minimum absolute atomic E-state index is 0.201. The van der Waals surface area contributed by atoms with Crippen LogP contribution in [0.1, 0.15) is 5.01 Å². The first-order valence-electron chi connectivity index (χ1n) is 5.36. The van der Waals surface area contributed by atoms with Crippen LogP contribution in [0.15, 0.2) is 28.4 Å². The molecule has 2 aromatic heterocycles. The Bertz CT molecular complexity index is 741. The zero-order valence-corrected chi connectivity index (χ0v) is 10.2. The first-order chi connectivity index (χ1) is 8.76. The summed E-state index contributed by atoms with van der Waals surface area (Å²) >= 11 is 1.55. The highest BCUT2D eigenvalue weighted by molar-refractivity contribution is 7.09. The largest absolute Gasteiger partial charge is 0.323 e. The molecule has 0 spiro atoms. The number of hydrogen-bond acceptors (Lipinski definition) is 5. The molecule has 2 heterocycles. The number of nitrogens with zero attached hydrogens (tertiary/aromatic N) is 1. The standard InChI is InChI=1S/C11H11N5OS/c12-13-4-10-14-9(5-18-10)6-1-2-7-8(3-6)16-11(17)15-7/h1-3,5,13H,4,12H2,(H2,15,16,17). The van der Waals surface area contributed by atoms with E-state index in [0.29, 0.717) is 6.54 Å². The van der Waals surface area contributed by atoms with Gasteiger partial charge >= 0.3 is 5.69 Å². The van der Waals surface area contributed by atoms with Crippen molar-refractivity contribution in [1.82, 2.24) is 20.4 Å². The van der Waals surface area contributed by atoms with Crippen LogP contribution in [-0.2, 0) is 6.54 Å². The van der Waals surface area contributed by atoms with Crippen molar-refractivity contribution in [3.63, 3.8) is 0 Å². The van der Waals surface area contributed by atoms with Gasteiger partial charge in [-0.1, -0.05) is 6.07 Å². The number of thiazole rings is 1. The summed E-state index contributed by atoms with van der Waals surface area (Å²) in [6, 6.07) is 5.70. The van der Waals surface area contributed by atoms with Crippen LogP contribution < -0.4 is 17.0 Å². The Morgan fingerprint density at radius 1 is 1.33 bits per heavy atom. The number of rotatable bonds is 3. The lowest BCUT2D eigenvalue weighted by Gasteiger charge is -1.96. The summed E-state index contributed by atoms with van der Waals surface area (Å²) < 4.78 is 0. The maximum Gasteiger partial charge on any atom is 0.323 e. The second-order valence-electron chi connectivity index (χ2n) is 3.85. The molecule has 92 valence electrons. The highest BCUT2D eigenvalue weighted by Gasteiger charge is 2.06. The van der Waals surface area contributed by atoms with Crippen LogP contribution >= 0.6 is 11.3 Å². The molecular weight excluding hydrogens is 250 g/mol. The van der Waals surface area contributed by atoms with Crippen molar-refractivity contribution in [3.05, 3.63) is 39.1 Å². The molecule has 0 unspecified atom stereocenters. The van der Waals surface area contributed by atoms with Gasteiger partial charge in [0.2, 0.25) is 0 Å². The monoisotopic (exact) mass is 261 g/mol. The number of hydrogen-bond donors (Lipinski definition) is 4. The molecule has 0 amide bonds. The Kier molecular flexibility index (Phi) is 2.71. The minimum atomic E-state index is -0.201. The third kappa shape index (κ3) is 1.94. The van der Waals surface area contributed by atoms with E-state index >= 15 is 0 Å². The fourth-order valence-corrected chi connectivity index (χ4v) is 2.56. The third-order valence-corrected chi connectivity index (χ3v) is 3.47. The van der Waals surface area contributed by atoms with Gasteiger partial charge in [0.1, 0.15) is 5.01 Å². The second kappa shape index (κ2) is 4.37. The van der Waals surface area contributed by atoms with E-state index in [0.717, 1.165) is 27.3 Å². The molecule has 0 saturated carbocycles. The summed E-state index contributed by atoms with van der Waals surface area (Å²) in [5.74, 6) is 5.26. The number of hydrazine groups is 1. The number of nitrogens with one attached hydrogen (secondary N) is 3. The molecule has 1 aromatic carbocycles. The maximum absolute atomic E-state index is 11.2. The first-order valence-corrected chi connectivity index (χ1v) is 6.24. The van der Waals surface area contributed by atoms with Crippen LogP contribution in [0.3, 0.4) is 0 Å². The Balaban J connectivity index is 2.04. The highest BCUT2D eigenvalue weighted by atomic mass is 32.1. The van der Waals surface area contributed by atoms with Gasteiger partial charge in [0.05, 0.1) is 23.3 Å². The van der Waals surface area contributed by atoms with Crippen molar-refractivity contribution < 1.29 is 0 Å². The smallest absolute Gasteiger partial charge is 0.306 e. The molecule has 5 N–H and O–H groups in total. The number of imidazole rings is 1. The van der Waals surface area contributed by atoms with Gasteiger partial charge in [0.25, 0.3) is 0 Å². The number of aromatic nitrogens is 3. The van der Waals surface area contributed by atoms with Gasteiger partial charge in [0.15, 0.2) is 0 Å². The van der Waals surface area contributed by atoms with Crippen molar-refractivity contribution in [2.75, 3.05) is 0 Å². The van der Waals surface area contributed by atoms with E-state index in [1.165, 1.54) is 0 Å². The van der Waals surface area contributed by atoms with Crippen LogP contribution in [-0.4, -0.2) is 15.0 Å². The van der Waals surface area contributed by atoms with Gasteiger partial charge in [0, 0.05) is 10.9 Å². The molecule has 0 bridgehead atoms.